The van der Waals surface area contributed by atoms with Crippen molar-refractivity contribution in [2.45, 2.75) is 19.1 Å². The van der Waals surface area contributed by atoms with Crippen LogP contribution in [0.25, 0.3) is 10.9 Å². The van der Waals surface area contributed by atoms with Crippen molar-refractivity contribution < 1.29 is 24.2 Å². The Bertz CT molecular complexity index is 1030. The van der Waals surface area contributed by atoms with Crippen molar-refractivity contribution in [3.63, 3.8) is 0 Å². The van der Waals surface area contributed by atoms with Crippen LogP contribution in [0.5, 0.6) is 0 Å². The summed E-state index contributed by atoms with van der Waals surface area (Å²) in [5.41, 5.74) is 2.51. The molecule has 0 fully saturated rings. The van der Waals surface area contributed by atoms with E-state index in [-0.39, 0.29) is 19.6 Å². The molecule has 0 bridgehead atoms. The third-order valence-corrected chi connectivity index (χ3v) is 4.63. The van der Waals surface area contributed by atoms with E-state index in [1.807, 2.05) is 54.6 Å². The summed E-state index contributed by atoms with van der Waals surface area (Å²) >= 11 is 0. The molecule has 0 saturated carbocycles. The molecule has 156 valence electrons. The summed E-state index contributed by atoms with van der Waals surface area (Å²) in [5, 5.41) is 12.9. The van der Waals surface area contributed by atoms with E-state index in [1.54, 1.807) is 6.20 Å². The largest absolute Gasteiger partial charge is 0.480 e. The Morgan fingerprint density at radius 2 is 1.80 bits per heavy atom. The first-order chi connectivity index (χ1) is 14.4. The van der Waals surface area contributed by atoms with Crippen molar-refractivity contribution in [1.29, 1.82) is 0 Å². The highest BCUT2D eigenvalue weighted by Crippen LogP contribution is 2.19. The van der Waals surface area contributed by atoms with Crippen molar-refractivity contribution in [3.05, 3.63) is 71.9 Å². The Balaban J connectivity index is 1.54. The summed E-state index contributed by atoms with van der Waals surface area (Å²) in [6.07, 6.45) is 1.19. The second-order valence-electron chi connectivity index (χ2n) is 6.92. The Hall–Kier alpha value is -3.81. The number of para-hydroxylation sites is 1. The highest BCUT2D eigenvalue weighted by molar-refractivity contribution is 5.88. The number of amides is 2. The van der Waals surface area contributed by atoms with Gasteiger partial charge in [0.05, 0.1) is 0 Å². The predicted octanol–water partition coefficient (Wildman–Crippen LogP) is 2.55. The maximum Gasteiger partial charge on any atom is 0.410 e. The van der Waals surface area contributed by atoms with Gasteiger partial charge in [-0.1, -0.05) is 48.5 Å². The first kappa shape index (κ1) is 20.9. The van der Waals surface area contributed by atoms with E-state index in [0.717, 1.165) is 26.9 Å². The van der Waals surface area contributed by atoms with E-state index in [9.17, 15) is 19.5 Å². The van der Waals surface area contributed by atoms with Crippen LogP contribution in [0.15, 0.2) is 60.8 Å². The van der Waals surface area contributed by atoms with Gasteiger partial charge in [0, 0.05) is 30.6 Å². The number of benzene rings is 2. The molecular formula is C22H23N3O5. The number of rotatable bonds is 8. The van der Waals surface area contributed by atoms with Crippen LogP contribution in [-0.4, -0.2) is 52.6 Å². The lowest BCUT2D eigenvalue weighted by Crippen LogP contribution is -2.47. The third-order valence-electron chi connectivity index (χ3n) is 4.63. The first-order valence-electron chi connectivity index (χ1n) is 9.43. The van der Waals surface area contributed by atoms with E-state index in [1.165, 1.54) is 7.05 Å². The van der Waals surface area contributed by atoms with Crippen LogP contribution in [-0.2, 0) is 27.4 Å². The van der Waals surface area contributed by atoms with Crippen LogP contribution in [0.3, 0.4) is 0 Å². The SMILES string of the molecule is CN(CC(=O)N[C@@H](Cc1c[nH]c2ccccc12)C(=O)O)C(=O)OCc1ccccc1. The summed E-state index contributed by atoms with van der Waals surface area (Å²) in [5.74, 6) is -1.73. The van der Waals surface area contributed by atoms with Gasteiger partial charge >= 0.3 is 12.1 Å². The first-order valence-corrected chi connectivity index (χ1v) is 9.43. The molecule has 3 aromatic rings. The molecule has 2 aromatic carbocycles. The molecule has 2 amide bonds. The van der Waals surface area contributed by atoms with Gasteiger partial charge in [0.25, 0.3) is 0 Å². The van der Waals surface area contributed by atoms with Gasteiger partial charge in [0.15, 0.2) is 0 Å². The maximum absolute atomic E-state index is 12.3. The van der Waals surface area contributed by atoms with Gasteiger partial charge in [0.1, 0.15) is 19.2 Å². The normalized spacial score (nSPS) is 11.6. The Morgan fingerprint density at radius 3 is 2.53 bits per heavy atom. The molecule has 1 heterocycles. The van der Waals surface area contributed by atoms with Crippen molar-refractivity contribution in [1.82, 2.24) is 15.2 Å². The van der Waals surface area contributed by atoms with Gasteiger partial charge < -0.3 is 25.0 Å². The number of carbonyl (C=O) groups excluding carboxylic acids is 2. The van der Waals surface area contributed by atoms with Crippen molar-refractivity contribution in [2.24, 2.45) is 0 Å². The van der Waals surface area contributed by atoms with Gasteiger partial charge in [0.2, 0.25) is 5.91 Å². The van der Waals surface area contributed by atoms with Gasteiger partial charge in [-0.2, -0.15) is 0 Å². The number of carbonyl (C=O) groups is 3. The molecule has 0 saturated heterocycles. The molecule has 0 aliphatic carbocycles. The summed E-state index contributed by atoms with van der Waals surface area (Å²) in [6.45, 7) is -0.227. The number of carboxylic acid groups (broad SMARTS) is 1. The zero-order valence-corrected chi connectivity index (χ0v) is 16.5. The highest BCUT2D eigenvalue weighted by Gasteiger charge is 2.23. The van der Waals surface area contributed by atoms with E-state index < -0.39 is 24.0 Å². The fourth-order valence-electron chi connectivity index (χ4n) is 3.07. The number of aromatic nitrogens is 1. The molecule has 0 radical (unpaired) electrons. The molecular weight excluding hydrogens is 386 g/mol. The Kier molecular flexibility index (Phi) is 6.69. The van der Waals surface area contributed by atoms with Gasteiger partial charge in [-0.05, 0) is 17.2 Å². The molecule has 0 aliphatic heterocycles. The minimum atomic E-state index is -1.15. The smallest absolute Gasteiger partial charge is 0.410 e. The van der Waals surface area contributed by atoms with Crippen LogP contribution in [0.1, 0.15) is 11.1 Å². The van der Waals surface area contributed by atoms with Crippen LogP contribution >= 0.6 is 0 Å². The molecule has 1 aromatic heterocycles. The lowest BCUT2D eigenvalue weighted by atomic mass is 10.0. The molecule has 0 spiro atoms. The van der Waals surface area contributed by atoms with Crippen molar-refractivity contribution in [3.8, 4) is 0 Å². The number of likely N-dealkylation sites (N-methyl/N-ethyl adjacent to an activating group) is 1. The van der Waals surface area contributed by atoms with Crippen LogP contribution < -0.4 is 5.32 Å². The van der Waals surface area contributed by atoms with E-state index in [0.29, 0.717) is 0 Å². The summed E-state index contributed by atoms with van der Waals surface area (Å²) in [4.78, 5) is 40.2. The number of fused-ring (bicyclic) bond motifs is 1. The van der Waals surface area contributed by atoms with Gasteiger partial charge in [-0.15, -0.1) is 0 Å². The number of hydrogen-bond donors (Lipinski definition) is 3. The Labute approximate surface area is 173 Å². The molecule has 3 rings (SSSR count). The zero-order chi connectivity index (χ0) is 21.5. The standard InChI is InChI=1S/C22H23N3O5/c1-25(22(29)30-14-15-7-3-2-4-8-15)13-20(26)24-19(21(27)28)11-16-12-23-18-10-6-5-9-17(16)18/h2-10,12,19,23H,11,13-14H2,1H3,(H,24,26)(H,27,28)/t19-/m0/s1. The summed E-state index contributed by atoms with van der Waals surface area (Å²) in [7, 11) is 1.42. The minimum Gasteiger partial charge on any atom is -0.480 e. The fourth-order valence-corrected chi connectivity index (χ4v) is 3.07. The number of H-pyrrole nitrogens is 1. The van der Waals surface area contributed by atoms with Crippen molar-refractivity contribution in [2.75, 3.05) is 13.6 Å². The molecule has 3 N–H and O–H groups in total. The topological polar surface area (TPSA) is 112 Å². The average molecular weight is 409 g/mol. The molecule has 1 atom stereocenters. The monoisotopic (exact) mass is 409 g/mol. The van der Waals surface area contributed by atoms with Gasteiger partial charge in [-0.3, -0.25) is 4.79 Å². The summed E-state index contributed by atoms with van der Waals surface area (Å²) < 4.78 is 5.16. The summed E-state index contributed by atoms with van der Waals surface area (Å²) in [6, 6.07) is 15.6. The zero-order valence-electron chi connectivity index (χ0n) is 16.5. The van der Waals surface area contributed by atoms with Crippen molar-refractivity contribution >= 4 is 28.9 Å². The van der Waals surface area contributed by atoms with E-state index >= 15 is 0 Å². The number of nitrogens with zero attached hydrogens (tertiary/aromatic N) is 1. The number of carboxylic acids is 1. The predicted molar refractivity (Wildman–Crippen MR) is 111 cm³/mol. The van der Waals surface area contributed by atoms with E-state index in [4.69, 9.17) is 4.74 Å². The number of ether oxygens (including phenoxy) is 1. The fraction of sp³-hybridized carbons (Fsp3) is 0.227. The van der Waals surface area contributed by atoms with Crippen LogP contribution in [0, 0.1) is 0 Å². The Morgan fingerprint density at radius 1 is 1.10 bits per heavy atom. The minimum absolute atomic E-state index is 0.0872. The molecule has 8 nitrogen and oxygen atoms in total. The van der Waals surface area contributed by atoms with Crippen LogP contribution in [0.2, 0.25) is 0 Å². The molecule has 30 heavy (non-hydrogen) atoms. The quantitative estimate of drug-likeness (QED) is 0.529. The average Bonchev–Trinajstić information content (AvgIpc) is 3.15. The van der Waals surface area contributed by atoms with Crippen LogP contribution in [0.4, 0.5) is 4.79 Å². The highest BCUT2D eigenvalue weighted by atomic mass is 16.6. The van der Waals surface area contributed by atoms with Gasteiger partial charge in [-0.25, -0.2) is 9.59 Å². The second-order valence-corrected chi connectivity index (χ2v) is 6.92. The lowest BCUT2D eigenvalue weighted by molar-refractivity contribution is -0.141. The maximum atomic E-state index is 12.3. The van der Waals surface area contributed by atoms with E-state index in [2.05, 4.69) is 10.3 Å². The number of aliphatic carboxylic acids is 1. The number of nitrogens with one attached hydrogen (secondary N) is 2. The molecule has 0 aliphatic rings. The number of hydrogen-bond acceptors (Lipinski definition) is 4. The third kappa shape index (κ3) is 5.38. The second kappa shape index (κ2) is 9.60. The molecule has 8 heteroatoms. The molecule has 0 unspecified atom stereocenters. The lowest BCUT2D eigenvalue weighted by Gasteiger charge is -2.19. The number of aromatic amines is 1.